The van der Waals surface area contributed by atoms with Crippen molar-refractivity contribution < 1.29 is 19.0 Å². The summed E-state index contributed by atoms with van der Waals surface area (Å²) in [6.45, 7) is 0.460. The van der Waals surface area contributed by atoms with Gasteiger partial charge < -0.3 is 14.2 Å². The molecule has 0 aliphatic heterocycles. The van der Waals surface area contributed by atoms with Crippen molar-refractivity contribution in [1.29, 1.82) is 5.26 Å². The zero-order chi connectivity index (χ0) is 14.8. The Kier molecular flexibility index (Phi) is 6.69. The maximum absolute atomic E-state index is 11.0. The first-order valence-corrected chi connectivity index (χ1v) is 6.15. The molecule has 0 N–H and O–H groups in total. The summed E-state index contributed by atoms with van der Waals surface area (Å²) in [6, 6.07) is 7.40. The lowest BCUT2D eigenvalue weighted by Gasteiger charge is -2.10. The molecule has 0 fully saturated rings. The van der Waals surface area contributed by atoms with Crippen LogP contribution in [0.5, 0.6) is 11.5 Å². The van der Waals surface area contributed by atoms with Gasteiger partial charge in [0.25, 0.3) is 0 Å². The number of rotatable bonds is 7. The molecule has 0 bridgehead atoms. The van der Waals surface area contributed by atoms with Crippen LogP contribution in [0.4, 0.5) is 0 Å². The van der Waals surface area contributed by atoms with E-state index in [-0.39, 0.29) is 0 Å². The van der Waals surface area contributed by atoms with Crippen LogP contribution in [0.2, 0.25) is 0 Å². The third-order valence-electron chi connectivity index (χ3n) is 2.49. The standard InChI is InChI=1S/C15H17NO4/c1-18-14-11-12(6-8-15(17)19-2)5-7-13(14)20-10-4-3-9-16/h5-8,11H,3-4,10H2,1-2H3/b8-6+. The average molecular weight is 275 g/mol. The zero-order valence-electron chi connectivity index (χ0n) is 11.6. The van der Waals surface area contributed by atoms with E-state index in [4.69, 9.17) is 14.7 Å². The van der Waals surface area contributed by atoms with E-state index in [1.165, 1.54) is 13.2 Å². The molecule has 0 saturated heterocycles. The highest BCUT2D eigenvalue weighted by Gasteiger charge is 2.05. The Balaban J connectivity index is 2.72. The van der Waals surface area contributed by atoms with Gasteiger partial charge in [0.2, 0.25) is 0 Å². The molecule has 1 aromatic carbocycles. The lowest BCUT2D eigenvalue weighted by atomic mass is 10.2. The number of nitriles is 1. The smallest absolute Gasteiger partial charge is 0.330 e. The van der Waals surface area contributed by atoms with Crippen LogP contribution in [0.15, 0.2) is 24.3 Å². The van der Waals surface area contributed by atoms with Crippen molar-refractivity contribution in [3.05, 3.63) is 29.8 Å². The number of carbonyl (C=O) groups is 1. The zero-order valence-corrected chi connectivity index (χ0v) is 11.6. The van der Waals surface area contributed by atoms with E-state index in [0.29, 0.717) is 30.9 Å². The second-order valence-corrected chi connectivity index (χ2v) is 3.88. The molecule has 0 aliphatic carbocycles. The SMILES string of the molecule is COC(=O)/C=C/c1ccc(OCCCC#N)c(OC)c1. The monoisotopic (exact) mass is 275 g/mol. The summed E-state index contributed by atoms with van der Waals surface area (Å²) in [5.41, 5.74) is 0.802. The summed E-state index contributed by atoms with van der Waals surface area (Å²) in [7, 11) is 2.87. The van der Waals surface area contributed by atoms with Crippen molar-refractivity contribution in [1.82, 2.24) is 0 Å². The van der Waals surface area contributed by atoms with E-state index in [1.807, 2.05) is 6.07 Å². The normalized spacial score (nSPS) is 10.1. The molecule has 0 atom stereocenters. The summed E-state index contributed by atoms with van der Waals surface area (Å²) in [5.74, 6) is 0.774. The number of carbonyl (C=O) groups excluding carboxylic acids is 1. The minimum atomic E-state index is -0.416. The van der Waals surface area contributed by atoms with Crippen molar-refractivity contribution in [2.75, 3.05) is 20.8 Å². The van der Waals surface area contributed by atoms with Crippen LogP contribution >= 0.6 is 0 Å². The molecule has 0 amide bonds. The Hall–Kier alpha value is -2.48. The molecule has 1 rings (SSSR count). The topological polar surface area (TPSA) is 68.5 Å². The van der Waals surface area contributed by atoms with Crippen molar-refractivity contribution >= 4 is 12.0 Å². The Morgan fingerprint density at radius 3 is 2.80 bits per heavy atom. The molecule has 0 saturated carbocycles. The summed E-state index contributed by atoms with van der Waals surface area (Å²) < 4.78 is 15.3. The lowest BCUT2D eigenvalue weighted by Crippen LogP contribution is -1.99. The van der Waals surface area contributed by atoms with Gasteiger partial charge in [-0.05, 0) is 30.2 Å². The quantitative estimate of drug-likeness (QED) is 0.434. The van der Waals surface area contributed by atoms with Gasteiger partial charge in [0.15, 0.2) is 11.5 Å². The van der Waals surface area contributed by atoms with E-state index < -0.39 is 5.97 Å². The van der Waals surface area contributed by atoms with Crippen molar-refractivity contribution in [3.8, 4) is 17.6 Å². The van der Waals surface area contributed by atoms with Crippen LogP contribution in [0.3, 0.4) is 0 Å². The lowest BCUT2D eigenvalue weighted by molar-refractivity contribution is -0.134. The predicted molar refractivity (Wildman–Crippen MR) is 74.4 cm³/mol. The third kappa shape index (κ3) is 5.02. The molecular weight excluding hydrogens is 258 g/mol. The molecule has 0 aliphatic rings. The number of hydrogen-bond donors (Lipinski definition) is 0. The van der Waals surface area contributed by atoms with Crippen molar-refractivity contribution in [2.24, 2.45) is 0 Å². The highest BCUT2D eigenvalue weighted by molar-refractivity contribution is 5.87. The molecule has 5 nitrogen and oxygen atoms in total. The van der Waals surface area contributed by atoms with Crippen molar-refractivity contribution in [3.63, 3.8) is 0 Å². The first-order valence-electron chi connectivity index (χ1n) is 6.15. The van der Waals surface area contributed by atoms with Gasteiger partial charge in [-0.25, -0.2) is 4.79 Å². The van der Waals surface area contributed by atoms with Crippen LogP contribution in [0.1, 0.15) is 18.4 Å². The van der Waals surface area contributed by atoms with E-state index in [1.54, 1.807) is 25.3 Å². The maximum Gasteiger partial charge on any atom is 0.330 e. The minimum Gasteiger partial charge on any atom is -0.493 e. The van der Waals surface area contributed by atoms with Crippen molar-refractivity contribution in [2.45, 2.75) is 12.8 Å². The largest absolute Gasteiger partial charge is 0.493 e. The fraction of sp³-hybridized carbons (Fsp3) is 0.333. The average Bonchev–Trinajstić information content (AvgIpc) is 2.49. The molecule has 1 aromatic rings. The number of benzene rings is 1. The molecule has 0 heterocycles. The van der Waals surface area contributed by atoms with E-state index in [0.717, 1.165) is 5.56 Å². The van der Waals surface area contributed by atoms with Crippen LogP contribution < -0.4 is 9.47 Å². The van der Waals surface area contributed by atoms with Gasteiger partial charge >= 0.3 is 5.97 Å². The van der Waals surface area contributed by atoms with E-state index >= 15 is 0 Å². The van der Waals surface area contributed by atoms with Gasteiger partial charge in [0.1, 0.15) is 0 Å². The Morgan fingerprint density at radius 1 is 1.35 bits per heavy atom. The highest BCUT2D eigenvalue weighted by Crippen LogP contribution is 2.28. The molecule has 0 spiro atoms. The van der Waals surface area contributed by atoms with Gasteiger partial charge in [0, 0.05) is 12.5 Å². The van der Waals surface area contributed by atoms with Gasteiger partial charge in [0.05, 0.1) is 26.9 Å². The molecule has 0 aromatic heterocycles. The predicted octanol–water partition coefficient (Wildman–Crippen LogP) is 2.56. The van der Waals surface area contributed by atoms with Gasteiger partial charge in [-0.15, -0.1) is 0 Å². The molecule has 0 radical (unpaired) electrons. The third-order valence-corrected chi connectivity index (χ3v) is 2.49. The number of nitrogens with zero attached hydrogens (tertiary/aromatic N) is 1. The van der Waals surface area contributed by atoms with E-state index in [2.05, 4.69) is 10.8 Å². The van der Waals surface area contributed by atoms with Crippen LogP contribution in [-0.4, -0.2) is 26.8 Å². The van der Waals surface area contributed by atoms with Gasteiger partial charge in [-0.1, -0.05) is 6.07 Å². The molecule has 0 unspecified atom stereocenters. The Labute approximate surface area is 118 Å². The Morgan fingerprint density at radius 2 is 2.15 bits per heavy atom. The Bertz CT molecular complexity index is 517. The first kappa shape index (κ1) is 15.6. The van der Waals surface area contributed by atoms with Crippen LogP contribution in [0.25, 0.3) is 6.08 Å². The summed E-state index contributed by atoms with van der Waals surface area (Å²) in [4.78, 5) is 11.0. The van der Waals surface area contributed by atoms with E-state index in [9.17, 15) is 4.79 Å². The molecule has 20 heavy (non-hydrogen) atoms. The molecular formula is C15H17NO4. The van der Waals surface area contributed by atoms with Gasteiger partial charge in [-0.2, -0.15) is 5.26 Å². The second kappa shape index (κ2) is 8.59. The number of methoxy groups -OCH3 is 2. The summed E-state index contributed by atoms with van der Waals surface area (Å²) >= 11 is 0. The minimum absolute atomic E-state index is 0.416. The molecule has 5 heteroatoms. The number of hydrogen-bond acceptors (Lipinski definition) is 5. The van der Waals surface area contributed by atoms with Gasteiger partial charge in [-0.3, -0.25) is 0 Å². The summed E-state index contributed by atoms with van der Waals surface area (Å²) in [5, 5.41) is 8.45. The first-order chi connectivity index (χ1) is 9.71. The maximum atomic E-state index is 11.0. The highest BCUT2D eigenvalue weighted by atomic mass is 16.5. The van der Waals surface area contributed by atoms with Crippen LogP contribution in [-0.2, 0) is 9.53 Å². The summed E-state index contributed by atoms with van der Waals surface area (Å²) in [6.07, 6.45) is 4.10. The fourth-order valence-corrected chi connectivity index (χ4v) is 1.47. The number of ether oxygens (including phenoxy) is 3. The van der Waals surface area contributed by atoms with Crippen LogP contribution in [0, 0.1) is 11.3 Å². The molecule has 106 valence electrons. The number of esters is 1. The number of unbranched alkanes of at least 4 members (excludes halogenated alkanes) is 1. The second-order valence-electron chi connectivity index (χ2n) is 3.88. The fourth-order valence-electron chi connectivity index (χ4n) is 1.47.